The highest BCUT2D eigenvalue weighted by Crippen LogP contribution is 2.18. The standard InChI is InChI=1S/C11H15N5/c12-8-10-11(16-7-6-14-10)15-5-1-4-13-9-2-3-9/h6-7,9,13H,1-5H2,(H,15,16). The molecule has 5 heteroatoms. The minimum atomic E-state index is 0.359. The minimum absolute atomic E-state index is 0.359. The summed E-state index contributed by atoms with van der Waals surface area (Å²) in [6, 6.07) is 2.77. The van der Waals surface area contributed by atoms with Crippen molar-refractivity contribution in [2.24, 2.45) is 0 Å². The van der Waals surface area contributed by atoms with Crippen LogP contribution < -0.4 is 10.6 Å². The van der Waals surface area contributed by atoms with E-state index >= 15 is 0 Å². The summed E-state index contributed by atoms with van der Waals surface area (Å²) in [6.45, 7) is 1.83. The maximum Gasteiger partial charge on any atom is 0.182 e. The lowest BCUT2D eigenvalue weighted by atomic mass is 10.4. The third kappa shape index (κ3) is 3.17. The molecule has 16 heavy (non-hydrogen) atoms. The summed E-state index contributed by atoms with van der Waals surface area (Å²) in [5.74, 6) is 0.580. The zero-order valence-corrected chi connectivity index (χ0v) is 9.11. The molecule has 0 unspecified atom stereocenters. The number of nitrogens with zero attached hydrogens (tertiary/aromatic N) is 3. The Morgan fingerprint density at radius 3 is 2.88 bits per heavy atom. The van der Waals surface area contributed by atoms with Gasteiger partial charge in [-0.15, -0.1) is 0 Å². The van der Waals surface area contributed by atoms with E-state index in [0.29, 0.717) is 11.5 Å². The van der Waals surface area contributed by atoms with Gasteiger partial charge in [0, 0.05) is 25.0 Å². The molecule has 1 aliphatic rings. The fourth-order valence-corrected chi connectivity index (χ4v) is 1.44. The van der Waals surface area contributed by atoms with Crippen LogP contribution in [0.1, 0.15) is 25.0 Å². The van der Waals surface area contributed by atoms with Gasteiger partial charge in [0.25, 0.3) is 0 Å². The molecule has 1 fully saturated rings. The number of nitriles is 1. The molecule has 0 saturated heterocycles. The molecule has 0 amide bonds. The summed E-state index contributed by atoms with van der Waals surface area (Å²) in [7, 11) is 0. The molecular formula is C11H15N5. The molecule has 0 bridgehead atoms. The van der Waals surface area contributed by atoms with Crippen LogP contribution in [0.5, 0.6) is 0 Å². The zero-order valence-electron chi connectivity index (χ0n) is 9.11. The Bertz CT molecular complexity index is 380. The first-order chi connectivity index (χ1) is 7.90. The number of aromatic nitrogens is 2. The van der Waals surface area contributed by atoms with Crippen LogP contribution in [-0.4, -0.2) is 29.1 Å². The average molecular weight is 217 g/mol. The van der Waals surface area contributed by atoms with Crippen molar-refractivity contribution in [2.75, 3.05) is 18.4 Å². The molecule has 2 N–H and O–H groups in total. The van der Waals surface area contributed by atoms with E-state index in [-0.39, 0.29) is 0 Å². The number of hydrogen-bond acceptors (Lipinski definition) is 5. The molecule has 1 aliphatic carbocycles. The van der Waals surface area contributed by atoms with Crippen LogP contribution in [0.15, 0.2) is 12.4 Å². The molecule has 1 aromatic rings. The highest BCUT2D eigenvalue weighted by molar-refractivity contribution is 5.46. The van der Waals surface area contributed by atoms with Crippen LogP contribution in [0.2, 0.25) is 0 Å². The average Bonchev–Trinajstić information content (AvgIpc) is 3.13. The zero-order chi connectivity index (χ0) is 11.2. The van der Waals surface area contributed by atoms with Crippen molar-refractivity contribution in [2.45, 2.75) is 25.3 Å². The van der Waals surface area contributed by atoms with Gasteiger partial charge in [0.1, 0.15) is 6.07 Å². The molecule has 1 saturated carbocycles. The Hall–Kier alpha value is -1.67. The van der Waals surface area contributed by atoms with Gasteiger partial charge in [0.15, 0.2) is 11.5 Å². The first-order valence-corrected chi connectivity index (χ1v) is 5.58. The van der Waals surface area contributed by atoms with Crippen LogP contribution in [0, 0.1) is 11.3 Å². The van der Waals surface area contributed by atoms with Gasteiger partial charge in [-0.25, -0.2) is 9.97 Å². The second-order valence-electron chi connectivity index (χ2n) is 3.87. The largest absolute Gasteiger partial charge is 0.368 e. The maximum absolute atomic E-state index is 8.80. The lowest BCUT2D eigenvalue weighted by molar-refractivity contribution is 0.658. The Balaban J connectivity index is 1.69. The topological polar surface area (TPSA) is 73.6 Å². The molecular weight excluding hydrogens is 202 g/mol. The third-order valence-corrected chi connectivity index (χ3v) is 2.46. The molecule has 0 radical (unpaired) electrons. The van der Waals surface area contributed by atoms with E-state index in [1.165, 1.54) is 19.0 Å². The van der Waals surface area contributed by atoms with Gasteiger partial charge >= 0.3 is 0 Å². The van der Waals surface area contributed by atoms with E-state index in [9.17, 15) is 0 Å². The van der Waals surface area contributed by atoms with Crippen molar-refractivity contribution in [1.82, 2.24) is 15.3 Å². The summed E-state index contributed by atoms with van der Waals surface area (Å²) >= 11 is 0. The monoisotopic (exact) mass is 217 g/mol. The molecule has 5 nitrogen and oxygen atoms in total. The fraction of sp³-hybridized carbons (Fsp3) is 0.545. The lowest BCUT2D eigenvalue weighted by Crippen LogP contribution is -2.20. The van der Waals surface area contributed by atoms with Gasteiger partial charge in [-0.3, -0.25) is 0 Å². The molecule has 0 aliphatic heterocycles. The quantitative estimate of drug-likeness (QED) is 0.693. The summed E-state index contributed by atoms with van der Waals surface area (Å²) < 4.78 is 0. The Morgan fingerprint density at radius 1 is 1.31 bits per heavy atom. The molecule has 1 heterocycles. The Morgan fingerprint density at radius 2 is 2.12 bits per heavy atom. The van der Waals surface area contributed by atoms with E-state index in [2.05, 4.69) is 20.6 Å². The number of rotatable bonds is 6. The Labute approximate surface area is 94.9 Å². The fourth-order valence-electron chi connectivity index (χ4n) is 1.44. The predicted octanol–water partition coefficient (Wildman–Crippen LogP) is 0.902. The van der Waals surface area contributed by atoms with Gasteiger partial charge in [-0.1, -0.05) is 0 Å². The molecule has 0 aromatic carbocycles. The number of anilines is 1. The summed E-state index contributed by atoms with van der Waals surface area (Å²) in [5.41, 5.74) is 0.359. The van der Waals surface area contributed by atoms with E-state index < -0.39 is 0 Å². The van der Waals surface area contributed by atoms with Crippen LogP contribution in [0.4, 0.5) is 5.82 Å². The molecule has 0 atom stereocenters. The first kappa shape index (κ1) is 10.8. The highest BCUT2D eigenvalue weighted by atomic mass is 15.0. The highest BCUT2D eigenvalue weighted by Gasteiger charge is 2.19. The van der Waals surface area contributed by atoms with E-state index in [4.69, 9.17) is 5.26 Å². The second kappa shape index (κ2) is 5.42. The van der Waals surface area contributed by atoms with Crippen LogP contribution in [0.25, 0.3) is 0 Å². The van der Waals surface area contributed by atoms with E-state index in [0.717, 1.165) is 25.6 Å². The summed E-state index contributed by atoms with van der Waals surface area (Å²) in [5, 5.41) is 15.3. The maximum atomic E-state index is 8.80. The van der Waals surface area contributed by atoms with E-state index in [1.54, 1.807) is 6.20 Å². The molecule has 1 aromatic heterocycles. The molecule has 0 spiro atoms. The Kier molecular flexibility index (Phi) is 3.67. The predicted molar refractivity (Wildman–Crippen MR) is 60.9 cm³/mol. The van der Waals surface area contributed by atoms with Crippen LogP contribution in [-0.2, 0) is 0 Å². The summed E-state index contributed by atoms with van der Waals surface area (Å²) in [4.78, 5) is 8.01. The van der Waals surface area contributed by atoms with Crippen molar-refractivity contribution >= 4 is 5.82 Å². The van der Waals surface area contributed by atoms with Crippen molar-refractivity contribution < 1.29 is 0 Å². The van der Waals surface area contributed by atoms with Crippen molar-refractivity contribution in [3.05, 3.63) is 18.1 Å². The summed E-state index contributed by atoms with van der Waals surface area (Å²) in [6.07, 6.45) is 6.77. The van der Waals surface area contributed by atoms with Crippen molar-refractivity contribution in [1.29, 1.82) is 5.26 Å². The van der Waals surface area contributed by atoms with Gasteiger partial charge in [0.2, 0.25) is 0 Å². The van der Waals surface area contributed by atoms with E-state index in [1.807, 2.05) is 6.07 Å². The lowest BCUT2D eigenvalue weighted by Gasteiger charge is -2.06. The van der Waals surface area contributed by atoms with Gasteiger partial charge in [-0.05, 0) is 25.8 Å². The number of hydrogen-bond donors (Lipinski definition) is 2. The van der Waals surface area contributed by atoms with Crippen LogP contribution in [0.3, 0.4) is 0 Å². The first-order valence-electron chi connectivity index (χ1n) is 5.58. The van der Waals surface area contributed by atoms with Gasteiger partial charge in [0.05, 0.1) is 0 Å². The molecule has 2 rings (SSSR count). The number of nitrogens with one attached hydrogen (secondary N) is 2. The second-order valence-corrected chi connectivity index (χ2v) is 3.87. The van der Waals surface area contributed by atoms with Crippen molar-refractivity contribution in [3.8, 4) is 6.07 Å². The van der Waals surface area contributed by atoms with Crippen LogP contribution >= 0.6 is 0 Å². The smallest absolute Gasteiger partial charge is 0.182 e. The third-order valence-electron chi connectivity index (χ3n) is 2.46. The van der Waals surface area contributed by atoms with Crippen molar-refractivity contribution in [3.63, 3.8) is 0 Å². The SMILES string of the molecule is N#Cc1nccnc1NCCCNC1CC1. The minimum Gasteiger partial charge on any atom is -0.368 e. The van der Waals surface area contributed by atoms with Gasteiger partial charge < -0.3 is 10.6 Å². The molecule has 84 valence electrons. The normalized spacial score (nSPS) is 14.4. The van der Waals surface area contributed by atoms with Gasteiger partial charge in [-0.2, -0.15) is 5.26 Å².